The Hall–Kier alpha value is -1.76. The van der Waals surface area contributed by atoms with Crippen LogP contribution in [-0.2, 0) is 17.5 Å². The summed E-state index contributed by atoms with van der Waals surface area (Å²) in [4.78, 5) is 13.0. The van der Waals surface area contributed by atoms with Crippen molar-refractivity contribution in [2.45, 2.75) is 25.6 Å². The smallest absolute Gasteiger partial charge is 0.371 e. The fraction of sp³-hybridized carbons (Fsp3) is 0.500. The van der Waals surface area contributed by atoms with Gasteiger partial charge in [-0.25, -0.2) is 0 Å². The standard InChI is InChI=1S/C14H18F3N3O/c15-14(16,17)12-6-11(4-3-9(12)7-18)20-5-1-2-10(8-20)13(19)21/h3-4,6,10H,1-2,5,7-8,18H2,(H2,19,21). The highest BCUT2D eigenvalue weighted by molar-refractivity contribution is 5.77. The molecule has 0 bridgehead atoms. The third kappa shape index (κ3) is 3.47. The van der Waals surface area contributed by atoms with Gasteiger partial charge in [0.2, 0.25) is 5.91 Å². The number of primary amides is 1. The van der Waals surface area contributed by atoms with Crippen LogP contribution in [0.25, 0.3) is 0 Å². The van der Waals surface area contributed by atoms with E-state index in [0.29, 0.717) is 25.2 Å². The number of hydrogen-bond acceptors (Lipinski definition) is 3. The molecule has 1 aliphatic heterocycles. The summed E-state index contributed by atoms with van der Waals surface area (Å²) in [5.74, 6) is -0.725. The van der Waals surface area contributed by atoms with Crippen molar-refractivity contribution >= 4 is 11.6 Å². The zero-order valence-corrected chi connectivity index (χ0v) is 11.5. The van der Waals surface area contributed by atoms with Crippen LogP contribution in [0.15, 0.2) is 18.2 Å². The van der Waals surface area contributed by atoms with Crippen LogP contribution in [0, 0.1) is 5.92 Å². The van der Waals surface area contributed by atoms with Crippen LogP contribution in [-0.4, -0.2) is 19.0 Å². The van der Waals surface area contributed by atoms with Crippen molar-refractivity contribution in [1.29, 1.82) is 0 Å². The van der Waals surface area contributed by atoms with Crippen LogP contribution in [0.1, 0.15) is 24.0 Å². The van der Waals surface area contributed by atoms with E-state index >= 15 is 0 Å². The SMILES string of the molecule is NCc1ccc(N2CCCC(C(N)=O)C2)cc1C(F)(F)F. The first-order valence-corrected chi connectivity index (χ1v) is 6.77. The monoisotopic (exact) mass is 301 g/mol. The normalized spacial score (nSPS) is 19.6. The van der Waals surface area contributed by atoms with E-state index in [0.717, 1.165) is 12.5 Å². The quantitative estimate of drug-likeness (QED) is 0.895. The molecule has 1 aromatic carbocycles. The number of carbonyl (C=O) groups excluding carboxylic acids is 1. The molecule has 1 aromatic rings. The van der Waals surface area contributed by atoms with E-state index in [-0.39, 0.29) is 18.0 Å². The summed E-state index contributed by atoms with van der Waals surface area (Å²) in [6.45, 7) is 0.802. The van der Waals surface area contributed by atoms with E-state index < -0.39 is 17.6 Å². The van der Waals surface area contributed by atoms with Gasteiger partial charge in [-0.15, -0.1) is 0 Å². The largest absolute Gasteiger partial charge is 0.416 e. The third-order valence-corrected chi connectivity index (χ3v) is 3.81. The van der Waals surface area contributed by atoms with Crippen LogP contribution >= 0.6 is 0 Å². The van der Waals surface area contributed by atoms with Gasteiger partial charge in [0, 0.05) is 25.3 Å². The Kier molecular flexibility index (Phi) is 4.41. The molecular formula is C14H18F3N3O. The van der Waals surface area contributed by atoms with Crippen molar-refractivity contribution in [2.75, 3.05) is 18.0 Å². The highest BCUT2D eigenvalue weighted by atomic mass is 19.4. The highest BCUT2D eigenvalue weighted by Gasteiger charge is 2.34. The molecule has 1 fully saturated rings. The molecule has 116 valence electrons. The van der Waals surface area contributed by atoms with Gasteiger partial charge < -0.3 is 16.4 Å². The van der Waals surface area contributed by atoms with Gasteiger partial charge in [-0.2, -0.15) is 13.2 Å². The summed E-state index contributed by atoms with van der Waals surface area (Å²) in [5.41, 5.74) is 10.4. The minimum Gasteiger partial charge on any atom is -0.371 e. The number of hydrogen-bond donors (Lipinski definition) is 2. The van der Waals surface area contributed by atoms with Crippen molar-refractivity contribution in [1.82, 2.24) is 0 Å². The number of benzene rings is 1. The fourth-order valence-corrected chi connectivity index (χ4v) is 2.65. The molecule has 4 nitrogen and oxygen atoms in total. The summed E-state index contributed by atoms with van der Waals surface area (Å²) in [6.07, 6.45) is -3.03. The van der Waals surface area contributed by atoms with Crippen LogP contribution in [0.4, 0.5) is 18.9 Å². The lowest BCUT2D eigenvalue weighted by Crippen LogP contribution is -2.41. The maximum Gasteiger partial charge on any atom is 0.416 e. The lowest BCUT2D eigenvalue weighted by molar-refractivity contribution is -0.138. The number of halogens is 3. The first kappa shape index (κ1) is 15.6. The zero-order valence-electron chi connectivity index (χ0n) is 11.5. The predicted molar refractivity (Wildman–Crippen MR) is 73.5 cm³/mol. The molecule has 0 aromatic heterocycles. The fourth-order valence-electron chi connectivity index (χ4n) is 2.65. The van der Waals surface area contributed by atoms with Crippen molar-refractivity contribution in [3.8, 4) is 0 Å². The molecule has 0 radical (unpaired) electrons. The Bertz CT molecular complexity index is 531. The molecule has 2 rings (SSSR count). The first-order valence-electron chi connectivity index (χ1n) is 6.77. The van der Waals surface area contributed by atoms with E-state index in [1.807, 2.05) is 0 Å². The van der Waals surface area contributed by atoms with E-state index in [9.17, 15) is 18.0 Å². The van der Waals surface area contributed by atoms with Crippen molar-refractivity contribution in [3.05, 3.63) is 29.3 Å². The summed E-state index contributed by atoms with van der Waals surface area (Å²) in [5, 5.41) is 0. The molecule has 0 spiro atoms. The Morgan fingerprint density at radius 1 is 1.38 bits per heavy atom. The van der Waals surface area contributed by atoms with Gasteiger partial charge in [-0.3, -0.25) is 4.79 Å². The minimum absolute atomic E-state index is 0.0645. The maximum absolute atomic E-state index is 13.0. The van der Waals surface area contributed by atoms with Crippen LogP contribution in [0.3, 0.4) is 0 Å². The second kappa shape index (κ2) is 5.93. The van der Waals surface area contributed by atoms with Crippen molar-refractivity contribution < 1.29 is 18.0 Å². The molecule has 1 atom stereocenters. The highest BCUT2D eigenvalue weighted by Crippen LogP contribution is 2.35. The van der Waals surface area contributed by atoms with Crippen LogP contribution in [0.2, 0.25) is 0 Å². The number of carbonyl (C=O) groups is 1. The number of anilines is 1. The van der Waals surface area contributed by atoms with E-state index in [2.05, 4.69) is 0 Å². The zero-order chi connectivity index (χ0) is 15.6. The molecule has 1 amide bonds. The molecule has 1 aliphatic rings. The maximum atomic E-state index is 13.0. The van der Waals surface area contributed by atoms with Crippen molar-refractivity contribution in [2.24, 2.45) is 17.4 Å². The number of nitrogens with two attached hydrogens (primary N) is 2. The Morgan fingerprint density at radius 3 is 2.67 bits per heavy atom. The Balaban J connectivity index is 2.30. The number of amides is 1. The van der Waals surface area contributed by atoms with E-state index in [4.69, 9.17) is 11.5 Å². The Labute approximate surface area is 120 Å². The number of rotatable bonds is 3. The molecule has 0 aliphatic carbocycles. The van der Waals surface area contributed by atoms with Gasteiger partial charge in [0.05, 0.1) is 11.5 Å². The molecule has 1 saturated heterocycles. The molecule has 21 heavy (non-hydrogen) atoms. The Morgan fingerprint density at radius 2 is 2.10 bits per heavy atom. The van der Waals surface area contributed by atoms with Gasteiger partial charge in [0.15, 0.2) is 0 Å². The summed E-state index contributed by atoms with van der Waals surface area (Å²) < 4.78 is 39.1. The number of alkyl halides is 3. The second-order valence-electron chi connectivity index (χ2n) is 5.23. The number of piperidine rings is 1. The minimum atomic E-state index is -4.44. The van der Waals surface area contributed by atoms with Crippen LogP contribution in [0.5, 0.6) is 0 Å². The number of nitrogens with zero attached hydrogens (tertiary/aromatic N) is 1. The van der Waals surface area contributed by atoms with Gasteiger partial charge in [-0.1, -0.05) is 6.07 Å². The average Bonchev–Trinajstić information content (AvgIpc) is 2.45. The molecular weight excluding hydrogens is 283 g/mol. The van der Waals surface area contributed by atoms with Gasteiger partial charge in [-0.05, 0) is 30.5 Å². The van der Waals surface area contributed by atoms with Crippen molar-refractivity contribution in [3.63, 3.8) is 0 Å². The predicted octanol–water partition coefficient (Wildman–Crippen LogP) is 1.87. The summed E-state index contributed by atoms with van der Waals surface area (Å²) in [6, 6.07) is 4.11. The average molecular weight is 301 g/mol. The van der Waals surface area contributed by atoms with Gasteiger partial charge in [0.25, 0.3) is 0 Å². The van der Waals surface area contributed by atoms with Gasteiger partial charge >= 0.3 is 6.18 Å². The molecule has 0 saturated carbocycles. The topological polar surface area (TPSA) is 72.3 Å². The molecule has 4 N–H and O–H groups in total. The lowest BCUT2D eigenvalue weighted by Gasteiger charge is -2.33. The first-order chi connectivity index (χ1) is 9.82. The van der Waals surface area contributed by atoms with Crippen LogP contribution < -0.4 is 16.4 Å². The second-order valence-corrected chi connectivity index (χ2v) is 5.23. The summed E-state index contributed by atoms with van der Waals surface area (Å²) in [7, 11) is 0. The lowest BCUT2D eigenvalue weighted by atomic mass is 9.96. The molecule has 1 unspecified atom stereocenters. The summed E-state index contributed by atoms with van der Waals surface area (Å²) >= 11 is 0. The third-order valence-electron chi connectivity index (χ3n) is 3.81. The molecule has 7 heteroatoms. The molecule has 1 heterocycles. The van der Waals surface area contributed by atoms with E-state index in [1.165, 1.54) is 6.07 Å². The van der Waals surface area contributed by atoms with Gasteiger partial charge in [0.1, 0.15) is 0 Å². The van der Waals surface area contributed by atoms with E-state index in [1.54, 1.807) is 11.0 Å².